The van der Waals surface area contributed by atoms with Crippen molar-refractivity contribution in [1.29, 1.82) is 0 Å². The molecule has 1 atom stereocenters. The predicted molar refractivity (Wildman–Crippen MR) is 57.2 cm³/mol. The summed E-state index contributed by atoms with van der Waals surface area (Å²) in [5.41, 5.74) is 0. The van der Waals surface area contributed by atoms with Crippen molar-refractivity contribution in [3.8, 4) is 12.3 Å². The van der Waals surface area contributed by atoms with Crippen LogP contribution >= 0.6 is 0 Å². The molecule has 0 aromatic carbocycles. The van der Waals surface area contributed by atoms with Crippen LogP contribution in [0.15, 0.2) is 0 Å². The first-order chi connectivity index (χ1) is 6.60. The lowest BCUT2D eigenvalue weighted by molar-refractivity contribution is 0.554. The largest absolute Gasteiger partial charge is 0.215 e. The minimum atomic E-state index is -3.18. The Morgan fingerprint density at radius 1 is 1.50 bits per heavy atom. The normalized spacial score (nSPS) is 20.6. The van der Waals surface area contributed by atoms with Gasteiger partial charge < -0.3 is 0 Å². The van der Waals surface area contributed by atoms with Crippen LogP contribution in [0.25, 0.3) is 0 Å². The highest BCUT2D eigenvalue weighted by Gasteiger charge is 2.29. The van der Waals surface area contributed by atoms with Gasteiger partial charge in [-0.3, -0.25) is 0 Å². The molecule has 1 rings (SSSR count). The summed E-state index contributed by atoms with van der Waals surface area (Å²) in [6.45, 7) is 1.88. The molecule has 0 radical (unpaired) electrons. The van der Waals surface area contributed by atoms with E-state index >= 15 is 0 Å². The Hall–Kier alpha value is -0.530. The van der Waals surface area contributed by atoms with Crippen molar-refractivity contribution in [2.75, 3.05) is 0 Å². The van der Waals surface area contributed by atoms with Crippen LogP contribution in [0.3, 0.4) is 0 Å². The molecule has 3 nitrogen and oxygen atoms in total. The highest BCUT2D eigenvalue weighted by molar-refractivity contribution is 7.90. The Bertz CT molecular complexity index is 310. The van der Waals surface area contributed by atoms with Gasteiger partial charge in [-0.15, -0.1) is 6.42 Å². The average Bonchev–Trinajstić information content (AvgIpc) is 2.67. The van der Waals surface area contributed by atoms with Crippen molar-refractivity contribution in [3.63, 3.8) is 0 Å². The molecule has 4 heteroatoms. The fraction of sp³-hybridized carbons (Fsp3) is 0.800. The lowest BCUT2D eigenvalue weighted by atomic mass is 10.3. The van der Waals surface area contributed by atoms with Gasteiger partial charge in [0.25, 0.3) is 0 Å². The van der Waals surface area contributed by atoms with E-state index in [2.05, 4.69) is 10.6 Å². The molecule has 1 unspecified atom stereocenters. The van der Waals surface area contributed by atoms with Crippen molar-refractivity contribution in [1.82, 2.24) is 4.72 Å². The smallest absolute Gasteiger partial charge is 0.212 e. The molecule has 1 aliphatic carbocycles. The number of terminal acetylenes is 1. The van der Waals surface area contributed by atoms with Crippen LogP contribution in [0.2, 0.25) is 0 Å². The standard InChI is InChI=1S/C10H17NO2S/c1-3-9(4-2)11-14(12,13)10-7-5-6-8-10/h1,9-11H,4-8H2,2H3. The van der Waals surface area contributed by atoms with E-state index in [1.807, 2.05) is 6.92 Å². The Morgan fingerprint density at radius 2 is 2.07 bits per heavy atom. The molecular weight excluding hydrogens is 198 g/mol. The summed E-state index contributed by atoms with van der Waals surface area (Å²) in [6.07, 6.45) is 9.43. The number of sulfonamides is 1. The molecule has 0 spiro atoms. The summed E-state index contributed by atoms with van der Waals surface area (Å²) in [5, 5.41) is -0.218. The van der Waals surface area contributed by atoms with Crippen molar-refractivity contribution in [3.05, 3.63) is 0 Å². The average molecular weight is 215 g/mol. The van der Waals surface area contributed by atoms with E-state index < -0.39 is 10.0 Å². The summed E-state index contributed by atoms with van der Waals surface area (Å²) < 4.78 is 26.1. The SMILES string of the molecule is C#CC(CC)NS(=O)(=O)C1CCCC1. The van der Waals surface area contributed by atoms with Gasteiger partial charge in [-0.05, 0) is 19.3 Å². The van der Waals surface area contributed by atoms with E-state index in [1.54, 1.807) is 0 Å². The predicted octanol–water partition coefficient (Wildman–Crippen LogP) is 1.26. The van der Waals surface area contributed by atoms with Crippen molar-refractivity contribution in [2.45, 2.75) is 50.3 Å². The monoisotopic (exact) mass is 215 g/mol. The maximum atomic E-state index is 11.8. The van der Waals surface area contributed by atoms with Crippen LogP contribution in [-0.2, 0) is 10.0 Å². The lowest BCUT2D eigenvalue weighted by Gasteiger charge is -2.15. The summed E-state index contributed by atoms with van der Waals surface area (Å²) >= 11 is 0. The van der Waals surface area contributed by atoms with Gasteiger partial charge in [0.1, 0.15) is 0 Å². The molecule has 0 bridgehead atoms. The highest BCUT2D eigenvalue weighted by Crippen LogP contribution is 2.24. The van der Waals surface area contributed by atoms with Gasteiger partial charge in [0.2, 0.25) is 10.0 Å². The van der Waals surface area contributed by atoms with E-state index in [0.717, 1.165) is 25.7 Å². The van der Waals surface area contributed by atoms with Gasteiger partial charge >= 0.3 is 0 Å². The van der Waals surface area contributed by atoms with Gasteiger partial charge in [-0.2, -0.15) is 0 Å². The molecule has 14 heavy (non-hydrogen) atoms. The molecule has 0 aromatic rings. The third-order valence-electron chi connectivity index (χ3n) is 2.66. The van der Waals surface area contributed by atoms with Crippen LogP contribution in [-0.4, -0.2) is 19.7 Å². The van der Waals surface area contributed by atoms with Gasteiger partial charge in [-0.25, -0.2) is 13.1 Å². The van der Waals surface area contributed by atoms with Crippen molar-refractivity contribution >= 4 is 10.0 Å². The minimum Gasteiger partial charge on any atom is -0.212 e. The fourth-order valence-electron chi connectivity index (χ4n) is 1.73. The molecule has 0 heterocycles. The van der Waals surface area contributed by atoms with E-state index in [-0.39, 0.29) is 11.3 Å². The quantitative estimate of drug-likeness (QED) is 0.718. The second-order valence-electron chi connectivity index (χ2n) is 3.70. The van der Waals surface area contributed by atoms with Crippen molar-refractivity contribution in [2.24, 2.45) is 0 Å². The Labute approximate surface area is 86.3 Å². The molecule has 0 saturated heterocycles. The number of hydrogen-bond acceptors (Lipinski definition) is 2. The van der Waals surface area contributed by atoms with E-state index in [1.165, 1.54) is 0 Å². The zero-order valence-corrected chi connectivity index (χ0v) is 9.31. The molecule has 80 valence electrons. The van der Waals surface area contributed by atoms with E-state index in [4.69, 9.17) is 6.42 Å². The maximum Gasteiger partial charge on any atom is 0.215 e. The summed E-state index contributed by atoms with van der Waals surface area (Å²) in [7, 11) is -3.18. The van der Waals surface area contributed by atoms with Gasteiger partial charge in [-0.1, -0.05) is 25.7 Å². The van der Waals surface area contributed by atoms with Crippen LogP contribution in [0.4, 0.5) is 0 Å². The topological polar surface area (TPSA) is 46.2 Å². The van der Waals surface area contributed by atoms with E-state index in [0.29, 0.717) is 6.42 Å². The maximum absolute atomic E-state index is 11.8. The number of hydrogen-bond donors (Lipinski definition) is 1. The molecule has 1 saturated carbocycles. The fourth-order valence-corrected chi connectivity index (χ4v) is 3.51. The molecule has 1 N–H and O–H groups in total. The number of rotatable bonds is 4. The molecule has 0 amide bonds. The van der Waals surface area contributed by atoms with Gasteiger partial charge in [0, 0.05) is 0 Å². The first-order valence-electron chi connectivity index (χ1n) is 5.07. The first kappa shape index (κ1) is 11.5. The van der Waals surface area contributed by atoms with Crippen LogP contribution < -0.4 is 4.72 Å². The zero-order valence-electron chi connectivity index (χ0n) is 8.49. The summed E-state index contributed by atoms with van der Waals surface area (Å²) in [4.78, 5) is 0. The third-order valence-corrected chi connectivity index (χ3v) is 4.62. The Morgan fingerprint density at radius 3 is 2.50 bits per heavy atom. The van der Waals surface area contributed by atoms with Crippen LogP contribution in [0, 0.1) is 12.3 Å². The summed E-state index contributed by atoms with van der Waals surface area (Å²) in [6, 6.07) is -0.347. The van der Waals surface area contributed by atoms with Crippen LogP contribution in [0.1, 0.15) is 39.0 Å². The van der Waals surface area contributed by atoms with E-state index in [9.17, 15) is 8.42 Å². The lowest BCUT2D eigenvalue weighted by Crippen LogP contribution is -2.39. The van der Waals surface area contributed by atoms with Gasteiger partial charge in [0.15, 0.2) is 0 Å². The third kappa shape index (κ3) is 2.73. The van der Waals surface area contributed by atoms with Crippen LogP contribution in [0.5, 0.6) is 0 Å². The molecule has 0 aliphatic heterocycles. The van der Waals surface area contributed by atoms with Gasteiger partial charge in [0.05, 0.1) is 11.3 Å². The molecule has 1 aliphatic rings. The second kappa shape index (κ2) is 4.81. The minimum absolute atomic E-state index is 0.218. The molecule has 1 fully saturated rings. The number of nitrogens with one attached hydrogen (secondary N) is 1. The summed E-state index contributed by atoms with van der Waals surface area (Å²) in [5.74, 6) is 2.44. The Balaban J connectivity index is 2.61. The Kier molecular flexibility index (Phi) is 3.97. The molecule has 0 aromatic heterocycles. The molecular formula is C10H17NO2S. The van der Waals surface area contributed by atoms with Crippen molar-refractivity contribution < 1.29 is 8.42 Å². The first-order valence-corrected chi connectivity index (χ1v) is 6.62. The zero-order chi connectivity index (χ0) is 10.6. The highest BCUT2D eigenvalue weighted by atomic mass is 32.2. The second-order valence-corrected chi connectivity index (χ2v) is 5.69.